The average Bonchev–Trinajstić information content (AvgIpc) is 3.25. The standard InChI is InChI=1S/C20H18FN3O2/c1-12-4-3-5-17(13(12)2)24-11-15(10-18(24)25)20-22-19(23-26-20)14-6-8-16(21)9-7-14/h3-9,15H,10-11H2,1-2H3. The second-order valence-electron chi connectivity index (χ2n) is 6.59. The van der Waals surface area contributed by atoms with Gasteiger partial charge in [0.2, 0.25) is 17.6 Å². The Hall–Kier alpha value is -3.02. The molecule has 0 saturated carbocycles. The van der Waals surface area contributed by atoms with Crippen molar-refractivity contribution in [2.24, 2.45) is 0 Å². The number of hydrogen-bond donors (Lipinski definition) is 0. The molecule has 6 heteroatoms. The fourth-order valence-corrected chi connectivity index (χ4v) is 3.25. The van der Waals surface area contributed by atoms with Crippen molar-refractivity contribution < 1.29 is 13.7 Å². The molecule has 0 bridgehead atoms. The molecule has 5 nitrogen and oxygen atoms in total. The molecule has 1 aliphatic rings. The van der Waals surface area contributed by atoms with Gasteiger partial charge in [0.1, 0.15) is 5.82 Å². The Labute approximate surface area is 150 Å². The van der Waals surface area contributed by atoms with Crippen LogP contribution in [0.2, 0.25) is 0 Å². The van der Waals surface area contributed by atoms with E-state index < -0.39 is 0 Å². The van der Waals surface area contributed by atoms with Crippen molar-refractivity contribution in [3.63, 3.8) is 0 Å². The van der Waals surface area contributed by atoms with Gasteiger partial charge in [-0.3, -0.25) is 4.79 Å². The van der Waals surface area contributed by atoms with Gasteiger partial charge in [-0.05, 0) is 55.3 Å². The van der Waals surface area contributed by atoms with Crippen LogP contribution in [0.5, 0.6) is 0 Å². The summed E-state index contributed by atoms with van der Waals surface area (Å²) < 4.78 is 18.4. The predicted molar refractivity (Wildman–Crippen MR) is 95.3 cm³/mol. The van der Waals surface area contributed by atoms with Crippen LogP contribution in [-0.2, 0) is 4.79 Å². The maximum Gasteiger partial charge on any atom is 0.232 e. The molecule has 0 N–H and O–H groups in total. The zero-order valence-electron chi connectivity index (χ0n) is 14.6. The van der Waals surface area contributed by atoms with Gasteiger partial charge in [0.05, 0.1) is 5.92 Å². The lowest BCUT2D eigenvalue weighted by molar-refractivity contribution is -0.117. The summed E-state index contributed by atoms with van der Waals surface area (Å²) in [5, 5.41) is 3.98. The average molecular weight is 351 g/mol. The van der Waals surface area contributed by atoms with Gasteiger partial charge in [-0.25, -0.2) is 4.39 Å². The summed E-state index contributed by atoms with van der Waals surface area (Å²) in [6.45, 7) is 4.56. The van der Waals surface area contributed by atoms with Crippen LogP contribution in [0.15, 0.2) is 47.0 Å². The van der Waals surface area contributed by atoms with E-state index in [0.717, 1.165) is 16.8 Å². The first-order chi connectivity index (χ1) is 12.5. The lowest BCUT2D eigenvalue weighted by Crippen LogP contribution is -2.25. The van der Waals surface area contributed by atoms with Gasteiger partial charge in [0.25, 0.3) is 0 Å². The molecule has 1 saturated heterocycles. The molecule has 1 aromatic heterocycles. The van der Waals surface area contributed by atoms with Gasteiger partial charge >= 0.3 is 0 Å². The van der Waals surface area contributed by atoms with E-state index in [0.29, 0.717) is 30.2 Å². The Balaban J connectivity index is 1.58. The summed E-state index contributed by atoms with van der Waals surface area (Å²) in [4.78, 5) is 18.7. The highest BCUT2D eigenvalue weighted by molar-refractivity contribution is 5.97. The second-order valence-corrected chi connectivity index (χ2v) is 6.59. The van der Waals surface area contributed by atoms with Crippen molar-refractivity contribution in [2.45, 2.75) is 26.2 Å². The van der Waals surface area contributed by atoms with Gasteiger partial charge in [-0.15, -0.1) is 0 Å². The highest BCUT2D eigenvalue weighted by Crippen LogP contribution is 2.34. The minimum Gasteiger partial charge on any atom is -0.339 e. The fourth-order valence-electron chi connectivity index (χ4n) is 3.25. The minimum absolute atomic E-state index is 0.0465. The molecule has 1 fully saturated rings. The Kier molecular flexibility index (Phi) is 4.03. The van der Waals surface area contributed by atoms with E-state index in [1.165, 1.54) is 12.1 Å². The zero-order chi connectivity index (χ0) is 18.3. The van der Waals surface area contributed by atoms with Crippen LogP contribution in [0.25, 0.3) is 11.4 Å². The highest BCUT2D eigenvalue weighted by Gasteiger charge is 2.35. The maximum atomic E-state index is 13.1. The number of rotatable bonds is 3. The summed E-state index contributed by atoms with van der Waals surface area (Å²) in [6, 6.07) is 11.9. The molecule has 0 spiro atoms. The van der Waals surface area contributed by atoms with E-state index in [9.17, 15) is 9.18 Å². The van der Waals surface area contributed by atoms with E-state index >= 15 is 0 Å². The van der Waals surface area contributed by atoms with E-state index in [1.54, 1.807) is 17.0 Å². The van der Waals surface area contributed by atoms with Crippen molar-refractivity contribution in [2.75, 3.05) is 11.4 Å². The molecule has 1 atom stereocenters. The van der Waals surface area contributed by atoms with Crippen molar-refractivity contribution in [3.8, 4) is 11.4 Å². The summed E-state index contributed by atoms with van der Waals surface area (Å²) in [5.41, 5.74) is 3.85. The first-order valence-corrected chi connectivity index (χ1v) is 8.49. The number of hydrogen-bond acceptors (Lipinski definition) is 4. The van der Waals surface area contributed by atoms with Crippen molar-refractivity contribution in [3.05, 3.63) is 65.3 Å². The molecular formula is C20H18FN3O2. The topological polar surface area (TPSA) is 59.2 Å². The van der Waals surface area contributed by atoms with Crippen molar-refractivity contribution in [1.29, 1.82) is 0 Å². The maximum absolute atomic E-state index is 13.1. The third-order valence-electron chi connectivity index (χ3n) is 4.89. The molecule has 2 aromatic carbocycles. The van der Waals surface area contributed by atoms with E-state index in [-0.39, 0.29) is 17.6 Å². The third kappa shape index (κ3) is 2.87. The molecule has 26 heavy (non-hydrogen) atoms. The minimum atomic E-state index is -0.317. The number of benzene rings is 2. The number of aromatic nitrogens is 2. The first kappa shape index (κ1) is 16.4. The monoisotopic (exact) mass is 351 g/mol. The summed E-state index contributed by atoms with van der Waals surface area (Å²) in [6.07, 6.45) is 0.332. The zero-order valence-corrected chi connectivity index (χ0v) is 14.6. The quantitative estimate of drug-likeness (QED) is 0.715. The molecular weight excluding hydrogens is 333 g/mol. The van der Waals surface area contributed by atoms with E-state index in [4.69, 9.17) is 4.52 Å². The number of amides is 1. The molecule has 1 unspecified atom stereocenters. The largest absolute Gasteiger partial charge is 0.339 e. The summed E-state index contributed by atoms with van der Waals surface area (Å²) in [7, 11) is 0. The number of carbonyl (C=O) groups excluding carboxylic acids is 1. The summed E-state index contributed by atoms with van der Waals surface area (Å²) >= 11 is 0. The Morgan fingerprint density at radius 1 is 1.15 bits per heavy atom. The van der Waals surface area contributed by atoms with Crippen molar-refractivity contribution in [1.82, 2.24) is 10.1 Å². The highest BCUT2D eigenvalue weighted by atomic mass is 19.1. The first-order valence-electron chi connectivity index (χ1n) is 8.49. The number of nitrogens with zero attached hydrogens (tertiary/aromatic N) is 3. The normalized spacial score (nSPS) is 17.1. The van der Waals surface area contributed by atoms with Crippen LogP contribution in [-0.4, -0.2) is 22.6 Å². The van der Waals surface area contributed by atoms with Crippen LogP contribution in [0.4, 0.5) is 10.1 Å². The van der Waals surface area contributed by atoms with Crippen molar-refractivity contribution >= 4 is 11.6 Å². The molecule has 0 aliphatic carbocycles. The van der Waals surface area contributed by atoms with Crippen LogP contribution < -0.4 is 4.90 Å². The van der Waals surface area contributed by atoms with Gasteiger partial charge in [-0.2, -0.15) is 4.98 Å². The molecule has 1 amide bonds. The second kappa shape index (κ2) is 6.37. The fraction of sp³-hybridized carbons (Fsp3) is 0.250. The van der Waals surface area contributed by atoms with E-state index in [2.05, 4.69) is 10.1 Å². The van der Waals surface area contributed by atoms with Crippen LogP contribution in [0.3, 0.4) is 0 Å². The molecule has 0 radical (unpaired) electrons. The van der Waals surface area contributed by atoms with Gasteiger partial charge < -0.3 is 9.42 Å². The Morgan fingerprint density at radius 2 is 1.92 bits per heavy atom. The summed E-state index contributed by atoms with van der Waals surface area (Å²) in [5.74, 6) is 0.417. The van der Waals surface area contributed by atoms with Crippen LogP contribution in [0, 0.1) is 19.7 Å². The predicted octanol–water partition coefficient (Wildman–Crippen LogP) is 4.01. The lowest BCUT2D eigenvalue weighted by atomic mass is 10.1. The number of halogens is 1. The Morgan fingerprint density at radius 3 is 2.69 bits per heavy atom. The Bertz CT molecular complexity index is 965. The van der Waals surface area contributed by atoms with Gasteiger partial charge in [0, 0.05) is 24.2 Å². The SMILES string of the molecule is Cc1cccc(N2CC(c3nc(-c4ccc(F)cc4)no3)CC2=O)c1C. The molecule has 4 rings (SSSR count). The molecule has 3 aromatic rings. The molecule has 2 heterocycles. The smallest absolute Gasteiger partial charge is 0.232 e. The number of aryl methyl sites for hydroxylation is 1. The van der Waals surface area contributed by atoms with Gasteiger partial charge in [0.15, 0.2) is 0 Å². The van der Waals surface area contributed by atoms with Gasteiger partial charge in [-0.1, -0.05) is 17.3 Å². The van der Waals surface area contributed by atoms with Crippen LogP contribution in [0.1, 0.15) is 29.4 Å². The molecule has 1 aliphatic heterocycles. The van der Waals surface area contributed by atoms with Crippen LogP contribution >= 0.6 is 0 Å². The third-order valence-corrected chi connectivity index (χ3v) is 4.89. The molecule has 132 valence electrons. The number of carbonyl (C=O) groups is 1. The van der Waals surface area contributed by atoms with E-state index in [1.807, 2.05) is 32.0 Å². The number of anilines is 1. The lowest BCUT2D eigenvalue weighted by Gasteiger charge is -2.19.